The van der Waals surface area contributed by atoms with Gasteiger partial charge in [0.2, 0.25) is 0 Å². The molecule has 0 radical (unpaired) electrons. The molecule has 0 spiro atoms. The largest absolute Gasteiger partial charge is 0.396 e. The maximum Gasteiger partial charge on any atom is 0.147 e. The summed E-state index contributed by atoms with van der Waals surface area (Å²) in [6, 6.07) is 6.31. The number of hydrogen-bond acceptors (Lipinski definition) is 4. The van der Waals surface area contributed by atoms with Crippen LogP contribution in [-0.4, -0.2) is 31.5 Å². The predicted molar refractivity (Wildman–Crippen MR) is 73.8 cm³/mol. The topological polar surface area (TPSA) is 65.3 Å². The zero-order chi connectivity index (χ0) is 14.4. The molecule has 1 heterocycles. The van der Waals surface area contributed by atoms with Gasteiger partial charge in [0.05, 0.1) is 17.3 Å². The van der Waals surface area contributed by atoms with Crippen molar-refractivity contribution < 1.29 is 14.2 Å². The number of nitrogens with one attached hydrogen (secondary N) is 1. The molecule has 20 heavy (non-hydrogen) atoms. The number of ether oxygens (including phenoxy) is 1. The molecule has 2 rings (SSSR count). The zero-order valence-corrected chi connectivity index (χ0v) is 11.4. The second-order valence-corrected chi connectivity index (χ2v) is 5.25. The highest BCUT2D eigenvalue weighted by atomic mass is 19.1. The van der Waals surface area contributed by atoms with E-state index in [-0.39, 0.29) is 12.0 Å². The SMILES string of the molecule is N#Cc1ccc(NCC2(CCO)CCOCC2)c(F)c1. The minimum absolute atomic E-state index is 0.0483. The van der Waals surface area contributed by atoms with Gasteiger partial charge in [0, 0.05) is 26.4 Å². The van der Waals surface area contributed by atoms with E-state index in [4.69, 9.17) is 10.00 Å². The highest BCUT2D eigenvalue weighted by Gasteiger charge is 2.32. The molecule has 0 amide bonds. The lowest BCUT2D eigenvalue weighted by Gasteiger charge is -2.37. The van der Waals surface area contributed by atoms with Crippen LogP contribution in [0.2, 0.25) is 0 Å². The number of aliphatic hydroxyl groups is 1. The molecule has 1 aromatic carbocycles. The van der Waals surface area contributed by atoms with Gasteiger partial charge in [-0.1, -0.05) is 0 Å². The number of aliphatic hydroxyl groups excluding tert-OH is 1. The number of rotatable bonds is 5. The van der Waals surface area contributed by atoms with Crippen molar-refractivity contribution in [2.75, 3.05) is 31.7 Å². The number of nitrogens with zero attached hydrogens (tertiary/aromatic N) is 1. The maximum absolute atomic E-state index is 13.8. The predicted octanol–water partition coefficient (Wildman–Crippen LogP) is 2.29. The Morgan fingerprint density at radius 3 is 2.75 bits per heavy atom. The summed E-state index contributed by atoms with van der Waals surface area (Å²) in [5, 5.41) is 21.1. The van der Waals surface area contributed by atoms with Crippen molar-refractivity contribution in [3.63, 3.8) is 0 Å². The summed E-state index contributed by atoms with van der Waals surface area (Å²) in [6.07, 6.45) is 2.40. The Kier molecular flexibility index (Phi) is 4.94. The van der Waals surface area contributed by atoms with Crippen molar-refractivity contribution in [2.24, 2.45) is 5.41 Å². The summed E-state index contributed by atoms with van der Waals surface area (Å²) >= 11 is 0. The smallest absolute Gasteiger partial charge is 0.147 e. The van der Waals surface area contributed by atoms with Crippen molar-refractivity contribution >= 4 is 5.69 Å². The lowest BCUT2D eigenvalue weighted by molar-refractivity contribution is 0.00903. The van der Waals surface area contributed by atoms with Gasteiger partial charge in [-0.15, -0.1) is 0 Å². The third-order valence-electron chi connectivity index (χ3n) is 3.95. The van der Waals surface area contributed by atoms with Crippen LogP contribution in [0.5, 0.6) is 0 Å². The van der Waals surface area contributed by atoms with E-state index in [1.165, 1.54) is 6.07 Å². The molecule has 1 aliphatic heterocycles. The fraction of sp³-hybridized carbons (Fsp3) is 0.533. The monoisotopic (exact) mass is 278 g/mol. The fourth-order valence-corrected chi connectivity index (χ4v) is 2.57. The summed E-state index contributed by atoms with van der Waals surface area (Å²) in [7, 11) is 0. The second-order valence-electron chi connectivity index (χ2n) is 5.25. The molecular weight excluding hydrogens is 259 g/mol. The van der Waals surface area contributed by atoms with E-state index in [0.717, 1.165) is 12.8 Å². The van der Waals surface area contributed by atoms with Crippen LogP contribution in [0.15, 0.2) is 18.2 Å². The van der Waals surface area contributed by atoms with E-state index in [9.17, 15) is 9.50 Å². The third kappa shape index (κ3) is 3.47. The molecule has 0 aliphatic carbocycles. The number of nitriles is 1. The average Bonchev–Trinajstić information content (AvgIpc) is 2.47. The van der Waals surface area contributed by atoms with Gasteiger partial charge >= 0.3 is 0 Å². The number of anilines is 1. The molecule has 108 valence electrons. The van der Waals surface area contributed by atoms with E-state index in [1.54, 1.807) is 12.1 Å². The Hall–Kier alpha value is -1.64. The average molecular weight is 278 g/mol. The molecule has 2 N–H and O–H groups in total. The molecule has 1 aromatic rings. The van der Waals surface area contributed by atoms with Gasteiger partial charge in [-0.05, 0) is 42.9 Å². The minimum Gasteiger partial charge on any atom is -0.396 e. The highest BCUT2D eigenvalue weighted by molar-refractivity contribution is 5.48. The first-order valence-corrected chi connectivity index (χ1v) is 6.81. The Bertz CT molecular complexity index is 488. The summed E-state index contributed by atoms with van der Waals surface area (Å²) in [4.78, 5) is 0. The molecule has 0 atom stereocenters. The number of halogens is 1. The van der Waals surface area contributed by atoms with E-state index in [2.05, 4.69) is 5.32 Å². The van der Waals surface area contributed by atoms with Crippen molar-refractivity contribution in [3.8, 4) is 6.07 Å². The summed E-state index contributed by atoms with van der Waals surface area (Å²) in [5.41, 5.74) is 0.657. The van der Waals surface area contributed by atoms with E-state index in [0.29, 0.717) is 37.4 Å². The molecule has 4 nitrogen and oxygen atoms in total. The number of benzene rings is 1. The Morgan fingerprint density at radius 2 is 2.15 bits per heavy atom. The molecule has 0 saturated carbocycles. The molecule has 1 aliphatic rings. The fourth-order valence-electron chi connectivity index (χ4n) is 2.57. The normalized spacial score (nSPS) is 17.4. The molecule has 5 heteroatoms. The lowest BCUT2D eigenvalue weighted by atomic mass is 9.77. The maximum atomic E-state index is 13.8. The Morgan fingerprint density at radius 1 is 1.40 bits per heavy atom. The summed E-state index contributed by atoms with van der Waals surface area (Å²) < 4.78 is 19.2. The molecule has 0 aromatic heterocycles. The summed E-state index contributed by atoms with van der Waals surface area (Å²) in [5.74, 6) is -0.421. The standard InChI is InChI=1S/C15H19FN2O2/c16-13-9-12(10-17)1-2-14(13)18-11-15(3-6-19)4-7-20-8-5-15/h1-2,9,18-19H,3-8,11H2. The summed E-state index contributed by atoms with van der Waals surface area (Å²) in [6.45, 7) is 2.08. The molecule has 1 saturated heterocycles. The third-order valence-corrected chi connectivity index (χ3v) is 3.95. The lowest BCUT2D eigenvalue weighted by Crippen LogP contribution is -2.37. The zero-order valence-electron chi connectivity index (χ0n) is 11.4. The van der Waals surface area contributed by atoms with Crippen LogP contribution in [-0.2, 0) is 4.74 Å². The molecule has 0 bridgehead atoms. The van der Waals surface area contributed by atoms with Crippen LogP contribution < -0.4 is 5.32 Å². The molecule has 1 fully saturated rings. The van der Waals surface area contributed by atoms with Gasteiger partial charge in [0.15, 0.2) is 0 Å². The van der Waals surface area contributed by atoms with Crippen LogP contribution in [0.4, 0.5) is 10.1 Å². The minimum atomic E-state index is -0.421. The van der Waals surface area contributed by atoms with Gasteiger partial charge < -0.3 is 15.2 Å². The highest BCUT2D eigenvalue weighted by Crippen LogP contribution is 2.34. The van der Waals surface area contributed by atoms with Crippen LogP contribution in [0.1, 0.15) is 24.8 Å². The van der Waals surface area contributed by atoms with Crippen LogP contribution in [0, 0.1) is 22.6 Å². The first-order chi connectivity index (χ1) is 9.69. The molecule has 0 unspecified atom stereocenters. The van der Waals surface area contributed by atoms with Crippen LogP contribution in [0.3, 0.4) is 0 Å². The van der Waals surface area contributed by atoms with Gasteiger partial charge in [-0.2, -0.15) is 5.26 Å². The van der Waals surface area contributed by atoms with Crippen molar-refractivity contribution in [3.05, 3.63) is 29.6 Å². The van der Waals surface area contributed by atoms with Gasteiger partial charge in [-0.3, -0.25) is 0 Å². The quantitative estimate of drug-likeness (QED) is 0.867. The van der Waals surface area contributed by atoms with E-state index >= 15 is 0 Å². The van der Waals surface area contributed by atoms with Crippen molar-refractivity contribution in [1.82, 2.24) is 0 Å². The Labute approximate surface area is 118 Å². The first-order valence-electron chi connectivity index (χ1n) is 6.81. The number of hydrogen-bond donors (Lipinski definition) is 2. The second kappa shape index (κ2) is 6.69. The molecular formula is C15H19FN2O2. The van der Waals surface area contributed by atoms with Crippen LogP contribution in [0.25, 0.3) is 0 Å². The van der Waals surface area contributed by atoms with E-state index in [1.807, 2.05) is 6.07 Å². The van der Waals surface area contributed by atoms with Crippen molar-refractivity contribution in [1.29, 1.82) is 5.26 Å². The van der Waals surface area contributed by atoms with E-state index < -0.39 is 5.82 Å². The van der Waals surface area contributed by atoms with Gasteiger partial charge in [0.1, 0.15) is 5.82 Å². The van der Waals surface area contributed by atoms with Crippen molar-refractivity contribution in [2.45, 2.75) is 19.3 Å². The van der Waals surface area contributed by atoms with Gasteiger partial charge in [-0.25, -0.2) is 4.39 Å². The first kappa shape index (κ1) is 14.8. The van der Waals surface area contributed by atoms with Gasteiger partial charge in [0.25, 0.3) is 0 Å². The Balaban J connectivity index is 2.04. The van der Waals surface area contributed by atoms with Crippen LogP contribution >= 0.6 is 0 Å².